The van der Waals surface area contributed by atoms with E-state index in [4.69, 9.17) is 4.74 Å². The zero-order valence-corrected chi connectivity index (χ0v) is 9.90. The smallest absolute Gasteiger partial charge is 0.262 e. The Labute approximate surface area is 104 Å². The molecule has 0 fully saturated rings. The van der Waals surface area contributed by atoms with Crippen molar-refractivity contribution in [3.8, 4) is 5.75 Å². The SMILES string of the molecule is CC(=O)NC(CO)c1ccc2c(c1)NC(=O)CO2. The van der Waals surface area contributed by atoms with Gasteiger partial charge in [-0.05, 0) is 17.7 Å². The second kappa shape index (κ2) is 5.05. The van der Waals surface area contributed by atoms with Crippen molar-refractivity contribution in [2.24, 2.45) is 0 Å². The van der Waals surface area contributed by atoms with Crippen LogP contribution in [0.5, 0.6) is 5.75 Å². The van der Waals surface area contributed by atoms with Crippen molar-refractivity contribution in [1.82, 2.24) is 5.32 Å². The van der Waals surface area contributed by atoms with Crippen LogP contribution in [0.2, 0.25) is 0 Å². The number of aliphatic hydroxyl groups excluding tert-OH is 1. The summed E-state index contributed by atoms with van der Waals surface area (Å²) >= 11 is 0. The molecule has 0 aromatic heterocycles. The average Bonchev–Trinajstić information content (AvgIpc) is 2.34. The number of ether oxygens (including phenoxy) is 1. The average molecular weight is 250 g/mol. The van der Waals surface area contributed by atoms with Crippen molar-refractivity contribution in [2.45, 2.75) is 13.0 Å². The zero-order chi connectivity index (χ0) is 13.1. The van der Waals surface area contributed by atoms with Crippen LogP contribution in [0.4, 0.5) is 5.69 Å². The second-order valence-electron chi connectivity index (χ2n) is 4.03. The van der Waals surface area contributed by atoms with Gasteiger partial charge in [-0.15, -0.1) is 0 Å². The summed E-state index contributed by atoms with van der Waals surface area (Å²) in [7, 11) is 0. The Bertz CT molecular complexity index is 487. The fraction of sp³-hybridized carbons (Fsp3) is 0.333. The zero-order valence-electron chi connectivity index (χ0n) is 9.90. The molecule has 1 unspecified atom stereocenters. The monoisotopic (exact) mass is 250 g/mol. The van der Waals surface area contributed by atoms with Gasteiger partial charge >= 0.3 is 0 Å². The summed E-state index contributed by atoms with van der Waals surface area (Å²) in [6, 6.07) is 4.64. The van der Waals surface area contributed by atoms with Gasteiger partial charge in [-0.2, -0.15) is 0 Å². The molecular weight excluding hydrogens is 236 g/mol. The van der Waals surface area contributed by atoms with Crippen LogP contribution < -0.4 is 15.4 Å². The van der Waals surface area contributed by atoms with E-state index in [2.05, 4.69) is 10.6 Å². The summed E-state index contributed by atoms with van der Waals surface area (Å²) in [5.41, 5.74) is 1.25. The molecule has 1 aromatic carbocycles. The van der Waals surface area contributed by atoms with Crippen LogP contribution in [0, 0.1) is 0 Å². The van der Waals surface area contributed by atoms with Crippen LogP contribution in [0.15, 0.2) is 18.2 Å². The molecule has 1 aliphatic rings. The molecule has 0 spiro atoms. The largest absolute Gasteiger partial charge is 0.482 e. The van der Waals surface area contributed by atoms with Crippen LogP contribution >= 0.6 is 0 Å². The quantitative estimate of drug-likeness (QED) is 0.714. The number of hydrogen-bond donors (Lipinski definition) is 3. The van der Waals surface area contributed by atoms with E-state index in [0.717, 1.165) is 0 Å². The van der Waals surface area contributed by atoms with Crippen molar-refractivity contribution in [1.29, 1.82) is 0 Å². The molecule has 0 saturated heterocycles. The molecule has 0 radical (unpaired) electrons. The highest BCUT2D eigenvalue weighted by atomic mass is 16.5. The van der Waals surface area contributed by atoms with Gasteiger partial charge < -0.3 is 20.5 Å². The number of fused-ring (bicyclic) bond motifs is 1. The summed E-state index contributed by atoms with van der Waals surface area (Å²) in [6.07, 6.45) is 0. The first-order chi connectivity index (χ1) is 8.60. The number of aliphatic hydroxyl groups is 1. The van der Waals surface area contributed by atoms with Gasteiger partial charge in [0.15, 0.2) is 6.61 Å². The van der Waals surface area contributed by atoms with Gasteiger partial charge in [-0.3, -0.25) is 9.59 Å². The molecule has 1 heterocycles. The lowest BCUT2D eigenvalue weighted by atomic mass is 10.1. The molecule has 2 rings (SSSR count). The normalized spacial score (nSPS) is 15.1. The fourth-order valence-electron chi connectivity index (χ4n) is 1.80. The molecule has 0 bridgehead atoms. The summed E-state index contributed by atoms with van der Waals surface area (Å²) in [5, 5.41) is 14.5. The van der Waals surface area contributed by atoms with Gasteiger partial charge in [-0.25, -0.2) is 0 Å². The van der Waals surface area contributed by atoms with E-state index in [9.17, 15) is 14.7 Å². The third-order valence-corrected chi connectivity index (χ3v) is 2.60. The van der Waals surface area contributed by atoms with E-state index in [-0.39, 0.29) is 25.0 Å². The minimum Gasteiger partial charge on any atom is -0.482 e. The molecule has 96 valence electrons. The van der Waals surface area contributed by atoms with Crippen LogP contribution in [-0.4, -0.2) is 30.1 Å². The van der Waals surface area contributed by atoms with E-state index in [0.29, 0.717) is 17.0 Å². The molecule has 3 N–H and O–H groups in total. The van der Waals surface area contributed by atoms with E-state index in [1.807, 2.05) is 0 Å². The highest BCUT2D eigenvalue weighted by Crippen LogP contribution is 2.30. The first-order valence-corrected chi connectivity index (χ1v) is 5.54. The van der Waals surface area contributed by atoms with Gasteiger partial charge in [-0.1, -0.05) is 6.07 Å². The summed E-state index contributed by atoms with van der Waals surface area (Å²) < 4.78 is 5.22. The predicted octanol–water partition coefficient (Wildman–Crippen LogP) is 0.187. The fourth-order valence-corrected chi connectivity index (χ4v) is 1.80. The summed E-state index contributed by atoms with van der Waals surface area (Å²) in [4.78, 5) is 22.2. The topological polar surface area (TPSA) is 87.7 Å². The Morgan fingerprint density at radius 1 is 1.61 bits per heavy atom. The molecular formula is C12H14N2O4. The lowest BCUT2D eigenvalue weighted by molar-refractivity contribution is -0.120. The van der Waals surface area contributed by atoms with Crippen molar-refractivity contribution >= 4 is 17.5 Å². The van der Waals surface area contributed by atoms with E-state index in [1.165, 1.54) is 6.92 Å². The van der Waals surface area contributed by atoms with Crippen LogP contribution in [0.1, 0.15) is 18.5 Å². The molecule has 6 heteroatoms. The molecule has 0 saturated carbocycles. The summed E-state index contributed by atoms with van der Waals surface area (Å²) in [6.45, 7) is 1.17. The highest BCUT2D eigenvalue weighted by Gasteiger charge is 2.19. The number of hydrogen-bond acceptors (Lipinski definition) is 4. The lowest BCUT2D eigenvalue weighted by Crippen LogP contribution is -2.29. The summed E-state index contributed by atoms with van der Waals surface area (Å²) in [5.74, 6) is 0.129. The predicted molar refractivity (Wildman–Crippen MR) is 64.2 cm³/mol. The maximum Gasteiger partial charge on any atom is 0.262 e. The molecule has 0 aliphatic carbocycles. The van der Waals surface area contributed by atoms with E-state index in [1.54, 1.807) is 18.2 Å². The van der Waals surface area contributed by atoms with Gasteiger partial charge in [0.25, 0.3) is 5.91 Å². The van der Waals surface area contributed by atoms with Gasteiger partial charge in [0.05, 0.1) is 18.3 Å². The van der Waals surface area contributed by atoms with Crippen molar-refractivity contribution in [3.63, 3.8) is 0 Å². The van der Waals surface area contributed by atoms with Crippen LogP contribution in [0.3, 0.4) is 0 Å². The molecule has 18 heavy (non-hydrogen) atoms. The van der Waals surface area contributed by atoms with Crippen molar-refractivity contribution < 1.29 is 19.4 Å². The van der Waals surface area contributed by atoms with Gasteiger partial charge in [0.2, 0.25) is 5.91 Å². The second-order valence-corrected chi connectivity index (χ2v) is 4.03. The number of carbonyl (C=O) groups excluding carboxylic acids is 2. The third-order valence-electron chi connectivity index (χ3n) is 2.60. The number of nitrogens with one attached hydrogen (secondary N) is 2. The lowest BCUT2D eigenvalue weighted by Gasteiger charge is -2.21. The molecule has 2 amide bonds. The van der Waals surface area contributed by atoms with Crippen LogP contribution in [0.25, 0.3) is 0 Å². The van der Waals surface area contributed by atoms with Crippen molar-refractivity contribution in [3.05, 3.63) is 23.8 Å². The van der Waals surface area contributed by atoms with E-state index >= 15 is 0 Å². The number of carbonyl (C=O) groups is 2. The van der Waals surface area contributed by atoms with E-state index < -0.39 is 6.04 Å². The molecule has 1 aliphatic heterocycles. The van der Waals surface area contributed by atoms with Gasteiger partial charge in [0, 0.05) is 6.92 Å². The number of anilines is 1. The standard InChI is InChI=1S/C12H14N2O4/c1-7(16)13-10(5-15)8-2-3-11-9(4-8)14-12(17)6-18-11/h2-4,10,15H,5-6H2,1H3,(H,13,16)(H,14,17). The molecule has 1 aromatic rings. The van der Waals surface area contributed by atoms with Crippen LogP contribution in [-0.2, 0) is 9.59 Å². The first-order valence-electron chi connectivity index (χ1n) is 5.54. The highest BCUT2D eigenvalue weighted by molar-refractivity contribution is 5.95. The van der Waals surface area contributed by atoms with Crippen molar-refractivity contribution in [2.75, 3.05) is 18.5 Å². The maximum absolute atomic E-state index is 11.2. The maximum atomic E-state index is 11.2. The first kappa shape index (κ1) is 12.4. The van der Waals surface area contributed by atoms with Gasteiger partial charge in [0.1, 0.15) is 5.75 Å². The number of benzene rings is 1. The number of amides is 2. The Morgan fingerprint density at radius 2 is 2.39 bits per heavy atom. The minimum absolute atomic E-state index is 0.00146. The Balaban J connectivity index is 2.26. The Morgan fingerprint density at radius 3 is 3.06 bits per heavy atom. The minimum atomic E-state index is -0.494. The third kappa shape index (κ3) is 2.60. The Hall–Kier alpha value is -2.08. The Kier molecular flexibility index (Phi) is 3.47. The number of rotatable bonds is 3. The molecule has 1 atom stereocenters. The molecule has 6 nitrogen and oxygen atoms in total.